The topological polar surface area (TPSA) is 87.2 Å². The van der Waals surface area contributed by atoms with Crippen LogP contribution in [0, 0.1) is 11.3 Å². The molecule has 1 atom stereocenters. The number of hydrogen-bond acceptors (Lipinski definition) is 4. The van der Waals surface area contributed by atoms with E-state index in [-0.39, 0.29) is 17.9 Å². The molecular weight excluding hydrogens is 336 g/mol. The fourth-order valence-electron chi connectivity index (χ4n) is 4.05. The third-order valence-electron chi connectivity index (χ3n) is 5.36. The second kappa shape index (κ2) is 7.45. The first-order chi connectivity index (χ1) is 12.0. The van der Waals surface area contributed by atoms with E-state index < -0.39 is 23.0 Å². The van der Waals surface area contributed by atoms with Crippen molar-refractivity contribution >= 4 is 18.0 Å². The predicted molar refractivity (Wildman–Crippen MR) is 96.7 cm³/mol. The van der Waals surface area contributed by atoms with Crippen LogP contribution in [0.3, 0.4) is 0 Å². The monoisotopic (exact) mass is 368 g/mol. The van der Waals surface area contributed by atoms with Crippen molar-refractivity contribution in [2.45, 2.75) is 71.9 Å². The second-order valence-electron chi connectivity index (χ2n) is 8.88. The highest BCUT2D eigenvalue weighted by Gasteiger charge is 2.49. The van der Waals surface area contributed by atoms with Gasteiger partial charge in [0.2, 0.25) is 5.91 Å². The van der Waals surface area contributed by atoms with E-state index in [4.69, 9.17) is 4.74 Å². The number of aliphatic carboxylic acids is 1. The summed E-state index contributed by atoms with van der Waals surface area (Å²) >= 11 is 0. The molecule has 148 valence electrons. The highest BCUT2D eigenvalue weighted by Crippen LogP contribution is 2.42. The SMILES string of the molecule is CC(C)[C@@H](C(=O)O)N1CCCC2(CCN(C(=O)OC(C)(C)C)CC2)C1=O. The van der Waals surface area contributed by atoms with Crippen LogP contribution in [-0.4, -0.2) is 64.2 Å². The Hall–Kier alpha value is -1.79. The van der Waals surface area contributed by atoms with Crippen molar-refractivity contribution in [1.29, 1.82) is 0 Å². The largest absolute Gasteiger partial charge is 0.480 e. The van der Waals surface area contributed by atoms with Crippen LogP contribution in [0.1, 0.15) is 60.3 Å². The van der Waals surface area contributed by atoms with E-state index in [0.717, 1.165) is 12.8 Å². The first-order valence-electron chi connectivity index (χ1n) is 9.49. The quantitative estimate of drug-likeness (QED) is 0.828. The maximum absolute atomic E-state index is 13.2. The number of carboxylic acids is 1. The van der Waals surface area contributed by atoms with Crippen LogP contribution in [-0.2, 0) is 14.3 Å². The van der Waals surface area contributed by atoms with E-state index in [2.05, 4.69) is 0 Å². The summed E-state index contributed by atoms with van der Waals surface area (Å²) in [5.41, 5.74) is -1.09. The molecule has 0 aromatic rings. The van der Waals surface area contributed by atoms with E-state index >= 15 is 0 Å². The average molecular weight is 368 g/mol. The van der Waals surface area contributed by atoms with Crippen LogP contribution in [0.4, 0.5) is 4.79 Å². The van der Waals surface area contributed by atoms with E-state index in [1.54, 1.807) is 9.80 Å². The summed E-state index contributed by atoms with van der Waals surface area (Å²) in [6.45, 7) is 10.6. The first-order valence-corrected chi connectivity index (χ1v) is 9.49. The number of nitrogens with zero attached hydrogens (tertiary/aromatic N) is 2. The van der Waals surface area contributed by atoms with Crippen LogP contribution in [0.5, 0.6) is 0 Å². The molecule has 7 nitrogen and oxygen atoms in total. The van der Waals surface area contributed by atoms with Crippen LogP contribution in [0.25, 0.3) is 0 Å². The van der Waals surface area contributed by atoms with Gasteiger partial charge in [-0.05, 0) is 52.4 Å². The Kier molecular flexibility index (Phi) is 5.88. The number of ether oxygens (including phenoxy) is 1. The first kappa shape index (κ1) is 20.5. The number of likely N-dealkylation sites (tertiary alicyclic amines) is 2. The molecule has 0 unspecified atom stereocenters. The summed E-state index contributed by atoms with van der Waals surface area (Å²) in [6, 6.07) is -0.788. The maximum Gasteiger partial charge on any atom is 0.410 e. The lowest BCUT2D eigenvalue weighted by Crippen LogP contribution is -2.59. The van der Waals surface area contributed by atoms with Crippen molar-refractivity contribution in [2.75, 3.05) is 19.6 Å². The van der Waals surface area contributed by atoms with Crippen molar-refractivity contribution in [3.05, 3.63) is 0 Å². The number of carboxylic acid groups (broad SMARTS) is 1. The lowest BCUT2D eigenvalue weighted by Gasteiger charge is -2.48. The Morgan fingerprint density at radius 2 is 1.69 bits per heavy atom. The minimum atomic E-state index is -0.948. The average Bonchev–Trinajstić information content (AvgIpc) is 2.50. The minimum absolute atomic E-state index is 0.0614. The molecule has 26 heavy (non-hydrogen) atoms. The number of rotatable bonds is 3. The van der Waals surface area contributed by atoms with Crippen LogP contribution >= 0.6 is 0 Å². The molecule has 0 aliphatic carbocycles. The van der Waals surface area contributed by atoms with Gasteiger partial charge in [-0.1, -0.05) is 13.8 Å². The summed E-state index contributed by atoms with van der Waals surface area (Å²) in [7, 11) is 0. The van der Waals surface area contributed by atoms with Crippen LogP contribution in [0.2, 0.25) is 0 Å². The molecule has 2 saturated heterocycles. The highest BCUT2D eigenvalue weighted by atomic mass is 16.6. The molecule has 0 aromatic heterocycles. The zero-order valence-electron chi connectivity index (χ0n) is 16.6. The van der Waals surface area contributed by atoms with Gasteiger partial charge in [-0.2, -0.15) is 0 Å². The Labute approximate surface area is 155 Å². The standard InChI is InChI=1S/C19H32N2O5/c1-13(2)14(15(22)23)21-10-6-7-19(16(21)24)8-11-20(12-9-19)17(25)26-18(3,4)5/h13-14H,6-12H2,1-5H3,(H,22,23)/t14-/m0/s1. The molecule has 0 radical (unpaired) electrons. The molecular formula is C19H32N2O5. The van der Waals surface area contributed by atoms with E-state index in [0.29, 0.717) is 32.5 Å². The fraction of sp³-hybridized carbons (Fsp3) is 0.842. The van der Waals surface area contributed by atoms with Crippen LogP contribution < -0.4 is 0 Å². The zero-order chi connectivity index (χ0) is 19.7. The zero-order valence-corrected chi connectivity index (χ0v) is 16.6. The van der Waals surface area contributed by atoms with Gasteiger partial charge in [0.1, 0.15) is 11.6 Å². The molecule has 2 heterocycles. The summed E-state index contributed by atoms with van der Waals surface area (Å²) < 4.78 is 5.42. The Morgan fingerprint density at radius 1 is 1.12 bits per heavy atom. The lowest BCUT2D eigenvalue weighted by atomic mass is 9.71. The van der Waals surface area contributed by atoms with Crippen molar-refractivity contribution in [2.24, 2.45) is 11.3 Å². The number of piperidine rings is 2. The molecule has 0 bridgehead atoms. The van der Waals surface area contributed by atoms with E-state index in [1.165, 1.54) is 0 Å². The van der Waals surface area contributed by atoms with Crippen molar-refractivity contribution in [1.82, 2.24) is 9.80 Å². The number of hydrogen-bond donors (Lipinski definition) is 1. The Morgan fingerprint density at radius 3 is 2.15 bits per heavy atom. The summed E-state index contributed by atoms with van der Waals surface area (Å²) in [5.74, 6) is -1.15. The molecule has 0 aromatic carbocycles. The lowest BCUT2D eigenvalue weighted by molar-refractivity contribution is -0.163. The second-order valence-corrected chi connectivity index (χ2v) is 8.88. The van der Waals surface area contributed by atoms with Gasteiger partial charge < -0.3 is 19.6 Å². The normalized spacial score (nSPS) is 21.8. The third kappa shape index (κ3) is 4.30. The van der Waals surface area contributed by atoms with E-state index in [9.17, 15) is 19.5 Å². The number of carbonyl (C=O) groups excluding carboxylic acids is 2. The van der Waals surface area contributed by atoms with Gasteiger partial charge in [0.25, 0.3) is 0 Å². The van der Waals surface area contributed by atoms with Crippen molar-refractivity contribution in [3.8, 4) is 0 Å². The van der Waals surface area contributed by atoms with Gasteiger partial charge in [-0.25, -0.2) is 9.59 Å². The molecule has 0 saturated carbocycles. The number of amides is 2. The van der Waals surface area contributed by atoms with Gasteiger partial charge in [0.15, 0.2) is 0 Å². The van der Waals surface area contributed by atoms with Gasteiger partial charge in [0, 0.05) is 19.6 Å². The van der Waals surface area contributed by atoms with Gasteiger partial charge in [-0.3, -0.25) is 4.79 Å². The predicted octanol–water partition coefficient (Wildman–Crippen LogP) is 2.74. The van der Waals surface area contributed by atoms with Gasteiger partial charge >= 0.3 is 12.1 Å². The molecule has 1 spiro atoms. The maximum atomic E-state index is 13.2. The molecule has 2 amide bonds. The minimum Gasteiger partial charge on any atom is -0.480 e. The molecule has 2 aliphatic rings. The van der Waals surface area contributed by atoms with Crippen molar-refractivity contribution < 1.29 is 24.2 Å². The molecule has 1 N–H and O–H groups in total. The van der Waals surface area contributed by atoms with Crippen LogP contribution in [0.15, 0.2) is 0 Å². The summed E-state index contributed by atoms with van der Waals surface area (Å²) in [4.78, 5) is 40.3. The van der Waals surface area contributed by atoms with E-state index in [1.807, 2.05) is 34.6 Å². The Balaban J connectivity index is 2.08. The highest BCUT2D eigenvalue weighted by molar-refractivity contribution is 5.88. The molecule has 7 heteroatoms. The molecule has 2 rings (SSSR count). The third-order valence-corrected chi connectivity index (χ3v) is 5.36. The smallest absolute Gasteiger partial charge is 0.410 e. The van der Waals surface area contributed by atoms with Gasteiger partial charge in [-0.15, -0.1) is 0 Å². The fourth-order valence-corrected chi connectivity index (χ4v) is 4.05. The van der Waals surface area contributed by atoms with Gasteiger partial charge in [0.05, 0.1) is 5.41 Å². The molecule has 2 fully saturated rings. The summed E-state index contributed by atoms with van der Waals surface area (Å²) in [6.07, 6.45) is 2.33. The van der Waals surface area contributed by atoms with Crippen molar-refractivity contribution in [3.63, 3.8) is 0 Å². The number of carbonyl (C=O) groups is 3. The summed E-state index contributed by atoms with van der Waals surface area (Å²) in [5, 5.41) is 9.56. The molecule has 2 aliphatic heterocycles. The Bertz CT molecular complexity index is 559.